The summed E-state index contributed by atoms with van der Waals surface area (Å²) in [6, 6.07) is 8.72. The Balaban J connectivity index is 1.95. The van der Waals surface area contributed by atoms with Crippen LogP contribution in [0.2, 0.25) is 0 Å². The van der Waals surface area contributed by atoms with Crippen LogP contribution in [-0.2, 0) is 11.3 Å². The molecule has 0 aromatic heterocycles. The van der Waals surface area contributed by atoms with Gasteiger partial charge in [-0.15, -0.1) is 0 Å². The molecule has 2 rings (SSSR count). The van der Waals surface area contributed by atoms with E-state index in [1.54, 1.807) is 14.2 Å². The standard InChI is InChI=1S/C20H34N4O2/c1-5-21-20(22-15-18-7-6-12-24(18)13-14-25-3)23(2)16-17-8-10-19(26-4)11-9-17/h8-11,18H,5-7,12-16H2,1-4H3,(H,21,22). The van der Waals surface area contributed by atoms with Crippen LogP contribution in [0.3, 0.4) is 0 Å². The van der Waals surface area contributed by atoms with Crippen molar-refractivity contribution in [1.29, 1.82) is 0 Å². The summed E-state index contributed by atoms with van der Waals surface area (Å²) in [6.45, 7) is 7.56. The summed E-state index contributed by atoms with van der Waals surface area (Å²) < 4.78 is 10.5. The minimum atomic E-state index is 0.521. The van der Waals surface area contributed by atoms with Crippen LogP contribution >= 0.6 is 0 Å². The molecule has 0 spiro atoms. The number of rotatable bonds is 9. The smallest absolute Gasteiger partial charge is 0.194 e. The molecule has 0 aliphatic carbocycles. The van der Waals surface area contributed by atoms with Gasteiger partial charge in [0.15, 0.2) is 5.96 Å². The molecule has 1 fully saturated rings. The minimum absolute atomic E-state index is 0.521. The van der Waals surface area contributed by atoms with Crippen LogP contribution < -0.4 is 10.1 Å². The first kappa shape index (κ1) is 20.5. The zero-order valence-electron chi connectivity index (χ0n) is 16.7. The van der Waals surface area contributed by atoms with Gasteiger partial charge in [-0.05, 0) is 44.0 Å². The number of methoxy groups -OCH3 is 2. The van der Waals surface area contributed by atoms with E-state index in [4.69, 9.17) is 14.5 Å². The number of benzene rings is 1. The molecule has 1 saturated heterocycles. The van der Waals surface area contributed by atoms with E-state index < -0.39 is 0 Å². The molecule has 1 aromatic carbocycles. The van der Waals surface area contributed by atoms with E-state index in [2.05, 4.69) is 41.2 Å². The Morgan fingerprint density at radius 2 is 2.08 bits per heavy atom. The van der Waals surface area contributed by atoms with E-state index in [-0.39, 0.29) is 0 Å². The Kier molecular flexibility index (Phi) is 8.71. The number of nitrogens with zero attached hydrogens (tertiary/aromatic N) is 3. The molecule has 1 aliphatic rings. The highest BCUT2D eigenvalue weighted by Crippen LogP contribution is 2.17. The van der Waals surface area contributed by atoms with Crippen molar-refractivity contribution in [2.45, 2.75) is 32.4 Å². The number of hydrogen-bond donors (Lipinski definition) is 1. The molecular weight excluding hydrogens is 328 g/mol. The predicted molar refractivity (Wildman–Crippen MR) is 107 cm³/mol. The third-order valence-electron chi connectivity index (χ3n) is 4.81. The van der Waals surface area contributed by atoms with Crippen LogP contribution in [0, 0.1) is 0 Å². The second-order valence-electron chi connectivity index (χ2n) is 6.72. The van der Waals surface area contributed by atoms with Crippen molar-refractivity contribution in [2.24, 2.45) is 4.99 Å². The molecule has 1 N–H and O–H groups in total. The molecular formula is C20H34N4O2. The van der Waals surface area contributed by atoms with Gasteiger partial charge < -0.3 is 19.7 Å². The van der Waals surface area contributed by atoms with Crippen molar-refractivity contribution in [3.63, 3.8) is 0 Å². The summed E-state index contributed by atoms with van der Waals surface area (Å²) >= 11 is 0. The van der Waals surface area contributed by atoms with Gasteiger partial charge in [0.2, 0.25) is 0 Å². The largest absolute Gasteiger partial charge is 0.497 e. The predicted octanol–water partition coefficient (Wildman–Crippen LogP) is 2.20. The highest BCUT2D eigenvalue weighted by molar-refractivity contribution is 5.79. The van der Waals surface area contributed by atoms with Crippen LogP contribution in [0.5, 0.6) is 5.75 Å². The fourth-order valence-corrected chi connectivity index (χ4v) is 3.35. The third kappa shape index (κ3) is 6.18. The summed E-state index contributed by atoms with van der Waals surface area (Å²) in [4.78, 5) is 9.59. The van der Waals surface area contributed by atoms with Crippen molar-refractivity contribution >= 4 is 5.96 Å². The molecule has 146 valence electrons. The lowest BCUT2D eigenvalue weighted by molar-refractivity contribution is 0.142. The topological polar surface area (TPSA) is 49.3 Å². The molecule has 6 heteroatoms. The molecule has 0 radical (unpaired) electrons. The molecule has 0 amide bonds. The lowest BCUT2D eigenvalue weighted by atomic mass is 10.2. The number of aliphatic imine (C=N–C) groups is 1. The zero-order valence-corrected chi connectivity index (χ0v) is 16.7. The maximum atomic E-state index is 5.23. The third-order valence-corrected chi connectivity index (χ3v) is 4.81. The highest BCUT2D eigenvalue weighted by Gasteiger charge is 2.24. The fourth-order valence-electron chi connectivity index (χ4n) is 3.35. The minimum Gasteiger partial charge on any atom is -0.497 e. The fraction of sp³-hybridized carbons (Fsp3) is 0.650. The van der Waals surface area contributed by atoms with Gasteiger partial charge in [0.25, 0.3) is 0 Å². The van der Waals surface area contributed by atoms with Crippen LogP contribution in [-0.4, -0.2) is 75.9 Å². The number of nitrogens with one attached hydrogen (secondary N) is 1. The number of ether oxygens (including phenoxy) is 2. The van der Waals surface area contributed by atoms with Crippen LogP contribution in [0.4, 0.5) is 0 Å². The van der Waals surface area contributed by atoms with E-state index in [0.717, 1.165) is 51.0 Å². The van der Waals surface area contributed by atoms with E-state index in [0.29, 0.717) is 6.04 Å². The van der Waals surface area contributed by atoms with Gasteiger partial charge in [-0.3, -0.25) is 9.89 Å². The number of hydrogen-bond acceptors (Lipinski definition) is 4. The van der Waals surface area contributed by atoms with Gasteiger partial charge in [0.1, 0.15) is 5.75 Å². The maximum absolute atomic E-state index is 5.23. The first-order valence-corrected chi connectivity index (χ1v) is 9.53. The molecule has 6 nitrogen and oxygen atoms in total. The number of guanidine groups is 1. The normalized spacial score (nSPS) is 18.2. The van der Waals surface area contributed by atoms with Gasteiger partial charge in [-0.1, -0.05) is 12.1 Å². The molecule has 26 heavy (non-hydrogen) atoms. The Hall–Kier alpha value is -1.79. The van der Waals surface area contributed by atoms with Crippen LogP contribution in [0.15, 0.2) is 29.3 Å². The van der Waals surface area contributed by atoms with Crippen molar-refractivity contribution < 1.29 is 9.47 Å². The lowest BCUT2D eigenvalue weighted by Crippen LogP contribution is -2.40. The second-order valence-corrected chi connectivity index (χ2v) is 6.72. The Labute approximate surface area is 158 Å². The summed E-state index contributed by atoms with van der Waals surface area (Å²) in [7, 11) is 5.54. The molecule has 1 aliphatic heterocycles. The van der Waals surface area contributed by atoms with E-state index in [1.807, 2.05) is 12.1 Å². The van der Waals surface area contributed by atoms with Gasteiger partial charge in [0.05, 0.1) is 20.3 Å². The zero-order chi connectivity index (χ0) is 18.8. The Morgan fingerprint density at radius 1 is 1.31 bits per heavy atom. The molecule has 0 saturated carbocycles. The summed E-state index contributed by atoms with van der Waals surface area (Å²) in [6.07, 6.45) is 2.47. The van der Waals surface area contributed by atoms with E-state index in [9.17, 15) is 0 Å². The van der Waals surface area contributed by atoms with E-state index in [1.165, 1.54) is 18.4 Å². The van der Waals surface area contributed by atoms with Crippen molar-refractivity contribution in [3.8, 4) is 5.75 Å². The molecule has 1 heterocycles. The molecule has 1 atom stereocenters. The Bertz CT molecular complexity index is 547. The first-order chi connectivity index (χ1) is 12.7. The lowest BCUT2D eigenvalue weighted by Gasteiger charge is -2.25. The van der Waals surface area contributed by atoms with Crippen molar-refractivity contribution in [2.75, 3.05) is 54.1 Å². The summed E-state index contributed by atoms with van der Waals surface area (Å²) in [5, 5.41) is 3.42. The molecule has 1 aromatic rings. The molecule has 1 unspecified atom stereocenters. The molecule has 0 bridgehead atoms. The monoisotopic (exact) mass is 362 g/mol. The van der Waals surface area contributed by atoms with Crippen LogP contribution in [0.25, 0.3) is 0 Å². The average molecular weight is 363 g/mol. The van der Waals surface area contributed by atoms with Crippen molar-refractivity contribution in [3.05, 3.63) is 29.8 Å². The maximum Gasteiger partial charge on any atom is 0.194 e. The SMILES string of the molecule is CCNC(=NCC1CCCN1CCOC)N(C)Cc1ccc(OC)cc1. The van der Waals surface area contributed by atoms with Crippen molar-refractivity contribution in [1.82, 2.24) is 15.1 Å². The van der Waals surface area contributed by atoms with Gasteiger partial charge in [-0.25, -0.2) is 0 Å². The second kappa shape index (κ2) is 11.0. The first-order valence-electron chi connectivity index (χ1n) is 9.53. The Morgan fingerprint density at radius 3 is 2.73 bits per heavy atom. The highest BCUT2D eigenvalue weighted by atomic mass is 16.5. The van der Waals surface area contributed by atoms with Gasteiger partial charge in [-0.2, -0.15) is 0 Å². The quantitative estimate of drug-likeness (QED) is 0.539. The average Bonchev–Trinajstić information content (AvgIpc) is 3.11. The van der Waals surface area contributed by atoms with Gasteiger partial charge >= 0.3 is 0 Å². The number of likely N-dealkylation sites (tertiary alicyclic amines) is 1. The summed E-state index contributed by atoms with van der Waals surface area (Å²) in [5.41, 5.74) is 1.24. The van der Waals surface area contributed by atoms with Gasteiger partial charge in [0, 0.05) is 39.8 Å². The summed E-state index contributed by atoms with van der Waals surface area (Å²) in [5.74, 6) is 1.84. The van der Waals surface area contributed by atoms with Crippen LogP contribution in [0.1, 0.15) is 25.3 Å². The van der Waals surface area contributed by atoms with E-state index >= 15 is 0 Å².